The number of hydrogen-bond donors (Lipinski definition) is 2. The predicted molar refractivity (Wildman–Crippen MR) is 90.9 cm³/mol. The van der Waals surface area contributed by atoms with Crippen molar-refractivity contribution in [1.82, 2.24) is 14.5 Å². The molecule has 7 nitrogen and oxygen atoms in total. The zero-order valence-corrected chi connectivity index (χ0v) is 14.0. The van der Waals surface area contributed by atoms with Crippen LogP contribution in [0.4, 0.5) is 0 Å². The summed E-state index contributed by atoms with van der Waals surface area (Å²) < 4.78 is 3.32. The Labute approximate surface area is 139 Å². The van der Waals surface area contributed by atoms with E-state index in [9.17, 15) is 14.4 Å². The van der Waals surface area contributed by atoms with Gasteiger partial charge in [-0.3, -0.25) is 18.7 Å². The van der Waals surface area contributed by atoms with E-state index in [1.807, 2.05) is 31.2 Å². The first kappa shape index (κ1) is 17.8. The predicted octanol–water partition coefficient (Wildman–Crippen LogP) is 1.44. The molecule has 0 saturated carbocycles. The van der Waals surface area contributed by atoms with Gasteiger partial charge in [-0.1, -0.05) is 26.0 Å². The number of carboxylic acid groups (broad SMARTS) is 1. The summed E-state index contributed by atoms with van der Waals surface area (Å²) in [6.45, 7) is 4.53. The Kier molecular flexibility index (Phi) is 5.78. The number of carboxylic acids is 1. The summed E-state index contributed by atoms with van der Waals surface area (Å²) in [4.78, 5) is 35.2. The van der Waals surface area contributed by atoms with Gasteiger partial charge in [-0.25, -0.2) is 4.79 Å². The number of aryl methyl sites for hydroxylation is 2. The second-order valence-electron chi connectivity index (χ2n) is 5.87. The third kappa shape index (κ3) is 3.84. The largest absolute Gasteiger partial charge is 0.481 e. The maximum atomic E-state index is 12.6. The van der Waals surface area contributed by atoms with Crippen molar-refractivity contribution in [3.8, 4) is 0 Å². The molecule has 2 N–H and O–H groups in total. The maximum absolute atomic E-state index is 12.6. The fourth-order valence-electron chi connectivity index (χ4n) is 2.58. The minimum Gasteiger partial charge on any atom is -0.481 e. The smallest absolute Gasteiger partial charge is 0.329 e. The molecule has 1 unspecified atom stereocenters. The third-order valence-electron chi connectivity index (χ3n) is 3.96. The Morgan fingerprint density at radius 1 is 1.17 bits per heavy atom. The van der Waals surface area contributed by atoms with Crippen LogP contribution in [0.15, 0.2) is 29.1 Å². The molecule has 0 aliphatic heterocycles. The summed E-state index contributed by atoms with van der Waals surface area (Å²) in [5.41, 5.74) is 1.55. The minimum absolute atomic E-state index is 0.0840. The molecular formula is C17H23N3O4. The van der Waals surface area contributed by atoms with E-state index in [1.165, 1.54) is 6.92 Å². The topological polar surface area (TPSA) is 93.3 Å². The molecule has 0 aliphatic carbocycles. The lowest BCUT2D eigenvalue weighted by Gasteiger charge is -2.08. The second-order valence-corrected chi connectivity index (χ2v) is 5.87. The van der Waals surface area contributed by atoms with Crippen LogP contribution in [0.2, 0.25) is 0 Å². The number of fused-ring (bicyclic) bond motifs is 1. The molecule has 130 valence electrons. The first-order valence-corrected chi connectivity index (χ1v) is 8.13. The summed E-state index contributed by atoms with van der Waals surface area (Å²) in [6, 6.07) is 7.52. The summed E-state index contributed by atoms with van der Waals surface area (Å²) in [6.07, 6.45) is 0.980. The number of benzene rings is 1. The quantitative estimate of drug-likeness (QED) is 0.764. The molecule has 2 rings (SSSR count). The Bertz CT molecular complexity index is 791. The van der Waals surface area contributed by atoms with Crippen molar-refractivity contribution < 1.29 is 14.7 Å². The van der Waals surface area contributed by atoms with Gasteiger partial charge >= 0.3 is 11.7 Å². The first-order chi connectivity index (χ1) is 11.5. The fourth-order valence-corrected chi connectivity index (χ4v) is 2.58. The summed E-state index contributed by atoms with van der Waals surface area (Å²) in [5, 5.41) is 11.4. The minimum atomic E-state index is -0.950. The van der Waals surface area contributed by atoms with Gasteiger partial charge in [-0.05, 0) is 18.6 Å². The standard InChI is InChI=1S/C17H23N3O4/c1-3-9-19-13-6-4-5-7-14(13)20(17(19)24)10-8-15(21)18-11-12(2)16(22)23/h4-7,12H,3,8-11H2,1-2H3,(H,18,21)(H,22,23). The number of aliphatic carboxylic acids is 1. The lowest BCUT2D eigenvalue weighted by molar-refractivity contribution is -0.141. The van der Waals surface area contributed by atoms with Crippen LogP contribution in [-0.2, 0) is 22.7 Å². The molecule has 1 aromatic heterocycles. The van der Waals surface area contributed by atoms with Crippen LogP contribution in [0, 0.1) is 5.92 Å². The van der Waals surface area contributed by atoms with Crippen LogP contribution >= 0.6 is 0 Å². The number of aromatic nitrogens is 2. The number of para-hydroxylation sites is 2. The molecule has 0 fully saturated rings. The lowest BCUT2D eigenvalue weighted by atomic mass is 10.2. The number of carbonyl (C=O) groups excluding carboxylic acids is 1. The fraction of sp³-hybridized carbons (Fsp3) is 0.471. The van der Waals surface area contributed by atoms with Crippen molar-refractivity contribution in [2.45, 2.75) is 39.8 Å². The summed E-state index contributed by atoms with van der Waals surface area (Å²) in [7, 11) is 0. The average Bonchev–Trinajstić information content (AvgIpc) is 2.83. The van der Waals surface area contributed by atoms with Crippen molar-refractivity contribution in [2.24, 2.45) is 5.92 Å². The molecule has 1 heterocycles. The maximum Gasteiger partial charge on any atom is 0.329 e. The SMILES string of the molecule is CCCn1c(=O)n(CCC(=O)NCC(C)C(=O)O)c2ccccc21. The van der Waals surface area contributed by atoms with Crippen LogP contribution in [0.5, 0.6) is 0 Å². The van der Waals surface area contributed by atoms with E-state index in [1.54, 1.807) is 9.13 Å². The van der Waals surface area contributed by atoms with Crippen LogP contribution in [0.1, 0.15) is 26.7 Å². The molecule has 0 saturated heterocycles. The Morgan fingerprint density at radius 3 is 2.29 bits per heavy atom. The van der Waals surface area contributed by atoms with Crippen LogP contribution < -0.4 is 11.0 Å². The number of amides is 1. The van der Waals surface area contributed by atoms with E-state index >= 15 is 0 Å². The van der Waals surface area contributed by atoms with Crippen LogP contribution in [-0.4, -0.2) is 32.7 Å². The van der Waals surface area contributed by atoms with Gasteiger partial charge in [-0.2, -0.15) is 0 Å². The van der Waals surface area contributed by atoms with Crippen LogP contribution in [0.3, 0.4) is 0 Å². The molecule has 24 heavy (non-hydrogen) atoms. The average molecular weight is 333 g/mol. The van der Waals surface area contributed by atoms with Crippen molar-refractivity contribution in [1.29, 1.82) is 0 Å². The molecule has 1 aromatic carbocycles. The van der Waals surface area contributed by atoms with Gasteiger partial charge in [0.1, 0.15) is 0 Å². The van der Waals surface area contributed by atoms with Gasteiger partial charge in [0, 0.05) is 26.1 Å². The van der Waals surface area contributed by atoms with E-state index in [2.05, 4.69) is 5.32 Å². The summed E-state index contributed by atoms with van der Waals surface area (Å²) in [5.74, 6) is -1.85. The third-order valence-corrected chi connectivity index (χ3v) is 3.96. The molecule has 0 bridgehead atoms. The van der Waals surface area contributed by atoms with Crippen LogP contribution in [0.25, 0.3) is 11.0 Å². The van der Waals surface area contributed by atoms with Crippen molar-refractivity contribution >= 4 is 22.9 Å². The highest BCUT2D eigenvalue weighted by Crippen LogP contribution is 2.13. The van der Waals surface area contributed by atoms with E-state index in [4.69, 9.17) is 5.11 Å². The molecule has 1 atom stereocenters. The molecule has 1 amide bonds. The van der Waals surface area contributed by atoms with Gasteiger partial charge in [0.25, 0.3) is 0 Å². The number of rotatable bonds is 8. The Balaban J connectivity index is 2.10. The zero-order chi connectivity index (χ0) is 17.7. The highest BCUT2D eigenvalue weighted by molar-refractivity contribution is 5.78. The van der Waals surface area contributed by atoms with Crippen molar-refractivity contribution in [2.75, 3.05) is 6.54 Å². The second kappa shape index (κ2) is 7.81. The van der Waals surface area contributed by atoms with Crippen molar-refractivity contribution in [3.05, 3.63) is 34.7 Å². The van der Waals surface area contributed by atoms with Gasteiger partial charge in [0.05, 0.1) is 17.0 Å². The van der Waals surface area contributed by atoms with Crippen molar-refractivity contribution in [3.63, 3.8) is 0 Å². The van der Waals surface area contributed by atoms with Gasteiger partial charge in [0.2, 0.25) is 5.91 Å². The number of nitrogens with zero attached hydrogens (tertiary/aromatic N) is 2. The Hall–Kier alpha value is -2.57. The van der Waals surface area contributed by atoms with Gasteiger partial charge in [0.15, 0.2) is 0 Å². The molecular weight excluding hydrogens is 310 g/mol. The van der Waals surface area contributed by atoms with Gasteiger partial charge < -0.3 is 10.4 Å². The number of imidazole rings is 1. The molecule has 2 aromatic rings. The molecule has 0 spiro atoms. The van der Waals surface area contributed by atoms with E-state index in [0.29, 0.717) is 6.54 Å². The highest BCUT2D eigenvalue weighted by atomic mass is 16.4. The van der Waals surface area contributed by atoms with E-state index in [-0.39, 0.29) is 31.1 Å². The van der Waals surface area contributed by atoms with E-state index < -0.39 is 11.9 Å². The Morgan fingerprint density at radius 2 is 1.75 bits per heavy atom. The highest BCUT2D eigenvalue weighted by Gasteiger charge is 2.15. The first-order valence-electron chi connectivity index (χ1n) is 8.13. The zero-order valence-electron chi connectivity index (χ0n) is 14.0. The normalized spacial score (nSPS) is 12.2. The number of hydrogen-bond acceptors (Lipinski definition) is 3. The monoisotopic (exact) mass is 333 g/mol. The number of carbonyl (C=O) groups is 2. The number of nitrogens with one attached hydrogen (secondary N) is 1. The summed E-state index contributed by atoms with van der Waals surface area (Å²) >= 11 is 0. The van der Waals surface area contributed by atoms with E-state index in [0.717, 1.165) is 17.5 Å². The molecule has 7 heteroatoms. The van der Waals surface area contributed by atoms with Gasteiger partial charge in [-0.15, -0.1) is 0 Å². The lowest BCUT2D eigenvalue weighted by Crippen LogP contribution is -2.33. The molecule has 0 aliphatic rings. The molecule has 0 radical (unpaired) electrons.